The van der Waals surface area contributed by atoms with Crippen molar-refractivity contribution in [2.75, 3.05) is 11.4 Å². The van der Waals surface area contributed by atoms with Gasteiger partial charge in [0.15, 0.2) is 5.76 Å². The molecule has 3 amide bonds. The number of hydrogen-bond acceptors (Lipinski definition) is 4. The van der Waals surface area contributed by atoms with E-state index in [1.807, 2.05) is 0 Å². The molecule has 1 aliphatic carbocycles. The van der Waals surface area contributed by atoms with Crippen molar-refractivity contribution in [2.45, 2.75) is 37.8 Å². The second kappa shape index (κ2) is 10.9. The minimum absolute atomic E-state index is 0.000245. The van der Waals surface area contributed by atoms with Crippen LogP contribution in [0.15, 0.2) is 71.3 Å². The van der Waals surface area contributed by atoms with Gasteiger partial charge < -0.3 is 15.1 Å². The lowest BCUT2D eigenvalue weighted by Crippen LogP contribution is -2.49. The Morgan fingerprint density at radius 3 is 2.46 bits per heavy atom. The second-order valence-electron chi connectivity index (χ2n) is 8.32. The molecule has 35 heavy (non-hydrogen) atoms. The predicted molar refractivity (Wildman–Crippen MR) is 124 cm³/mol. The third kappa shape index (κ3) is 5.74. The Morgan fingerprint density at radius 2 is 1.77 bits per heavy atom. The van der Waals surface area contributed by atoms with Gasteiger partial charge in [0.2, 0.25) is 11.8 Å². The van der Waals surface area contributed by atoms with Gasteiger partial charge in [-0.25, -0.2) is 8.78 Å². The molecule has 1 heterocycles. The van der Waals surface area contributed by atoms with E-state index in [1.54, 1.807) is 6.07 Å². The van der Waals surface area contributed by atoms with Gasteiger partial charge >= 0.3 is 0 Å². The van der Waals surface area contributed by atoms with E-state index in [1.165, 1.54) is 54.8 Å². The van der Waals surface area contributed by atoms with Crippen molar-refractivity contribution in [1.29, 1.82) is 0 Å². The van der Waals surface area contributed by atoms with Crippen molar-refractivity contribution in [1.82, 2.24) is 10.6 Å². The number of nitrogens with one attached hydrogen (secondary N) is 2. The fraction of sp³-hybridized carbons (Fsp3) is 0.269. The monoisotopic (exact) mass is 481 g/mol. The summed E-state index contributed by atoms with van der Waals surface area (Å²) in [5.74, 6) is -3.28. The number of hydrogen-bond donors (Lipinski definition) is 2. The van der Waals surface area contributed by atoms with Crippen molar-refractivity contribution in [3.63, 3.8) is 0 Å². The maximum absolute atomic E-state index is 15.0. The number of anilines is 1. The van der Waals surface area contributed by atoms with Crippen LogP contribution in [0.1, 0.15) is 47.8 Å². The Balaban J connectivity index is 1.70. The summed E-state index contributed by atoms with van der Waals surface area (Å²) < 4.78 is 34.2. The zero-order valence-electron chi connectivity index (χ0n) is 18.9. The van der Waals surface area contributed by atoms with E-state index in [0.29, 0.717) is 0 Å². The average molecular weight is 481 g/mol. The van der Waals surface area contributed by atoms with Gasteiger partial charge in [0.05, 0.1) is 12.8 Å². The zero-order valence-corrected chi connectivity index (χ0v) is 18.9. The first kappa shape index (κ1) is 24.1. The third-order valence-electron chi connectivity index (χ3n) is 5.91. The number of carbonyl (C=O) groups excluding carboxylic acids is 3. The van der Waals surface area contributed by atoms with Gasteiger partial charge in [-0.3, -0.25) is 19.3 Å². The summed E-state index contributed by atoms with van der Waals surface area (Å²) in [6.07, 6.45) is 4.80. The molecule has 2 N–H and O–H groups in total. The van der Waals surface area contributed by atoms with Crippen LogP contribution in [-0.4, -0.2) is 30.3 Å². The fourth-order valence-corrected chi connectivity index (χ4v) is 4.24. The normalized spacial score (nSPS) is 14.3. The Kier molecular flexibility index (Phi) is 7.54. The second-order valence-corrected chi connectivity index (χ2v) is 8.32. The molecule has 0 saturated heterocycles. The highest BCUT2D eigenvalue weighted by molar-refractivity contribution is 6.04. The van der Waals surface area contributed by atoms with Crippen LogP contribution < -0.4 is 15.5 Å². The molecule has 4 rings (SSSR count). The Morgan fingerprint density at radius 1 is 1.00 bits per heavy atom. The highest BCUT2D eigenvalue weighted by Crippen LogP contribution is 2.31. The summed E-state index contributed by atoms with van der Waals surface area (Å²) in [5, 5.41) is 5.36. The fourth-order valence-electron chi connectivity index (χ4n) is 4.24. The largest absolute Gasteiger partial charge is 0.459 e. The molecule has 1 atom stereocenters. The van der Waals surface area contributed by atoms with Crippen LogP contribution in [-0.2, 0) is 9.59 Å². The number of furan rings is 1. The lowest BCUT2D eigenvalue weighted by molar-refractivity contribution is -0.126. The van der Waals surface area contributed by atoms with Crippen molar-refractivity contribution >= 4 is 23.4 Å². The van der Waals surface area contributed by atoms with Gasteiger partial charge in [0.25, 0.3) is 5.91 Å². The Hall–Kier alpha value is -4.01. The molecule has 0 bridgehead atoms. The molecule has 1 fully saturated rings. The number of carbonyl (C=O) groups is 3. The number of halogens is 2. The maximum Gasteiger partial charge on any atom is 0.287 e. The van der Waals surface area contributed by atoms with Crippen LogP contribution in [0.2, 0.25) is 0 Å². The molecule has 0 radical (unpaired) electrons. The van der Waals surface area contributed by atoms with Gasteiger partial charge in [-0.2, -0.15) is 0 Å². The Labute approximate surface area is 201 Å². The smallest absolute Gasteiger partial charge is 0.287 e. The van der Waals surface area contributed by atoms with Crippen molar-refractivity contribution in [3.05, 3.63) is 89.9 Å². The van der Waals surface area contributed by atoms with Crippen molar-refractivity contribution < 1.29 is 27.6 Å². The molecule has 7 nitrogen and oxygen atoms in total. The molecule has 182 valence electrons. The van der Waals surface area contributed by atoms with Gasteiger partial charge in [-0.05, 0) is 49.2 Å². The summed E-state index contributed by atoms with van der Waals surface area (Å²) >= 11 is 0. The molecule has 1 saturated carbocycles. The summed E-state index contributed by atoms with van der Waals surface area (Å²) in [4.78, 5) is 40.3. The summed E-state index contributed by atoms with van der Waals surface area (Å²) in [5.41, 5.74) is 0.00930. The van der Waals surface area contributed by atoms with E-state index < -0.39 is 41.9 Å². The lowest BCUT2D eigenvalue weighted by Gasteiger charge is -2.32. The molecule has 2 aromatic carbocycles. The van der Waals surface area contributed by atoms with E-state index in [0.717, 1.165) is 36.6 Å². The number of rotatable bonds is 8. The average Bonchev–Trinajstić information content (AvgIpc) is 3.56. The summed E-state index contributed by atoms with van der Waals surface area (Å²) in [6, 6.07) is 12.2. The number of benzene rings is 2. The zero-order chi connectivity index (χ0) is 24.8. The van der Waals surface area contributed by atoms with Gasteiger partial charge in [0, 0.05) is 17.3 Å². The first-order valence-electron chi connectivity index (χ1n) is 11.4. The predicted octanol–water partition coefficient (Wildman–Crippen LogP) is 4.12. The van der Waals surface area contributed by atoms with Gasteiger partial charge in [0.1, 0.15) is 17.7 Å². The standard InChI is InChI=1S/C26H25F2N3O4/c27-17-7-5-10-19(15-17)31(23(32)16-29-25(33)22-13-6-14-35-22)24(20-11-3-4-12-21(20)28)26(34)30-18-8-1-2-9-18/h3-7,10-15,18,24H,1-2,8-9,16H2,(H,29,33)(H,30,34)/t24-/m1/s1. The maximum atomic E-state index is 15.0. The molecule has 1 aliphatic rings. The molecule has 0 aliphatic heterocycles. The molecule has 0 spiro atoms. The molecular formula is C26H25F2N3O4. The minimum atomic E-state index is -1.42. The van der Waals surface area contributed by atoms with Crippen LogP contribution >= 0.6 is 0 Å². The first-order chi connectivity index (χ1) is 16.9. The van der Waals surface area contributed by atoms with Crippen LogP contribution in [0.3, 0.4) is 0 Å². The van der Waals surface area contributed by atoms with Crippen LogP contribution in [0.25, 0.3) is 0 Å². The van der Waals surface area contributed by atoms with E-state index in [-0.39, 0.29) is 23.1 Å². The quantitative estimate of drug-likeness (QED) is 0.506. The van der Waals surface area contributed by atoms with E-state index in [2.05, 4.69) is 10.6 Å². The van der Waals surface area contributed by atoms with Gasteiger partial charge in [-0.1, -0.05) is 37.1 Å². The lowest BCUT2D eigenvalue weighted by atomic mass is 10.0. The summed E-state index contributed by atoms with van der Waals surface area (Å²) in [6.45, 7) is -0.530. The molecule has 0 unspecified atom stereocenters. The minimum Gasteiger partial charge on any atom is -0.459 e. The molecular weight excluding hydrogens is 456 g/mol. The van der Waals surface area contributed by atoms with Gasteiger partial charge in [-0.15, -0.1) is 0 Å². The third-order valence-corrected chi connectivity index (χ3v) is 5.91. The van der Waals surface area contributed by atoms with Crippen molar-refractivity contribution in [3.8, 4) is 0 Å². The van der Waals surface area contributed by atoms with E-state index in [4.69, 9.17) is 4.42 Å². The Bertz CT molecular complexity index is 1190. The topological polar surface area (TPSA) is 91.7 Å². The first-order valence-corrected chi connectivity index (χ1v) is 11.4. The molecule has 3 aromatic rings. The summed E-state index contributed by atoms with van der Waals surface area (Å²) in [7, 11) is 0. The molecule has 1 aromatic heterocycles. The SMILES string of the molecule is O=C(NCC(=O)N(c1cccc(F)c1)[C@@H](C(=O)NC1CCCC1)c1ccccc1F)c1ccco1. The van der Waals surface area contributed by atoms with Crippen LogP contribution in [0, 0.1) is 11.6 Å². The van der Waals surface area contributed by atoms with E-state index in [9.17, 15) is 23.2 Å². The van der Waals surface area contributed by atoms with E-state index >= 15 is 0 Å². The van der Waals surface area contributed by atoms with Crippen LogP contribution in [0.4, 0.5) is 14.5 Å². The highest BCUT2D eigenvalue weighted by atomic mass is 19.1. The van der Waals surface area contributed by atoms with Crippen molar-refractivity contribution in [2.24, 2.45) is 0 Å². The highest BCUT2D eigenvalue weighted by Gasteiger charge is 2.36. The van der Waals surface area contributed by atoms with Crippen LogP contribution in [0.5, 0.6) is 0 Å². The number of amides is 3. The molecule has 9 heteroatoms. The number of nitrogens with zero attached hydrogens (tertiary/aromatic N) is 1.